The van der Waals surface area contributed by atoms with Gasteiger partial charge in [0, 0.05) is 0 Å². The molecule has 2 rings (SSSR count). The number of carbonyl (C=O) groups is 1. The van der Waals surface area contributed by atoms with E-state index in [9.17, 15) is 9.90 Å². The second-order valence-corrected chi connectivity index (χ2v) is 7.35. The number of carbonyl (C=O) groups excluding carboxylic acids is 1. The topological polar surface area (TPSA) is 79.2 Å². The number of rotatable bonds is 6. The molecule has 2 N–H and O–H groups in total. The molecule has 0 spiro atoms. The highest BCUT2D eigenvalue weighted by atomic mass is 32.2. The minimum atomic E-state index is -0.817. The Morgan fingerprint density at radius 2 is 2.09 bits per heavy atom. The molecule has 7 heteroatoms. The van der Waals surface area contributed by atoms with Gasteiger partial charge in [-0.1, -0.05) is 32.0 Å². The van der Waals surface area contributed by atoms with Crippen LogP contribution in [0.2, 0.25) is 0 Å². The molecule has 1 aliphatic carbocycles. The molecule has 1 fully saturated rings. The third kappa shape index (κ3) is 5.21. The van der Waals surface area contributed by atoms with Gasteiger partial charge in [0.2, 0.25) is 0 Å². The Morgan fingerprint density at radius 1 is 1.39 bits per heavy atom. The third-order valence-electron chi connectivity index (χ3n) is 4.18. The van der Waals surface area contributed by atoms with Gasteiger partial charge in [0.15, 0.2) is 6.10 Å². The van der Waals surface area contributed by atoms with Crippen molar-refractivity contribution in [2.45, 2.75) is 76.2 Å². The molecule has 6 nitrogen and oxygen atoms in total. The molecule has 1 amide bonds. The third-order valence-corrected chi connectivity index (χ3v) is 4.70. The fraction of sp³-hybridized carbons (Fsp3) is 0.812. The molecular weight excluding hydrogens is 314 g/mol. The van der Waals surface area contributed by atoms with Crippen molar-refractivity contribution in [3.05, 3.63) is 5.89 Å². The van der Waals surface area contributed by atoms with Gasteiger partial charge >= 0.3 is 11.9 Å². The molecule has 0 aromatic carbocycles. The summed E-state index contributed by atoms with van der Waals surface area (Å²) in [6, 6.07) is -0.113. The molecule has 1 heterocycles. The van der Waals surface area contributed by atoms with Crippen molar-refractivity contribution in [3.63, 3.8) is 0 Å². The van der Waals surface area contributed by atoms with E-state index in [1.165, 1.54) is 22.9 Å². The largest absolute Gasteiger partial charge is 0.520 e. The first kappa shape index (κ1) is 18.3. The summed E-state index contributed by atoms with van der Waals surface area (Å²) in [5.41, 5.74) is 0. The number of hydrogen-bond donors (Lipinski definition) is 2. The summed E-state index contributed by atoms with van der Waals surface area (Å²) in [5.74, 6) is 0.709. The van der Waals surface area contributed by atoms with Crippen LogP contribution >= 0.6 is 11.8 Å². The van der Waals surface area contributed by atoms with E-state index in [-0.39, 0.29) is 18.0 Å². The fourth-order valence-corrected chi connectivity index (χ4v) is 3.15. The predicted molar refractivity (Wildman–Crippen MR) is 88.3 cm³/mol. The first-order valence-corrected chi connectivity index (χ1v) is 9.69. The summed E-state index contributed by atoms with van der Waals surface area (Å²) in [4.78, 5) is 12.5. The van der Waals surface area contributed by atoms with Crippen LogP contribution < -0.4 is 10.00 Å². The van der Waals surface area contributed by atoms with Crippen molar-refractivity contribution in [3.8, 4) is 0 Å². The van der Waals surface area contributed by atoms with Crippen molar-refractivity contribution in [2.75, 3.05) is 6.26 Å². The van der Waals surface area contributed by atoms with Crippen molar-refractivity contribution in [1.82, 2.24) is 10.4 Å². The summed E-state index contributed by atoms with van der Waals surface area (Å²) in [6.07, 6.45) is 7.97. The second kappa shape index (κ2) is 8.68. The first-order valence-electron chi connectivity index (χ1n) is 8.47. The van der Waals surface area contributed by atoms with Crippen molar-refractivity contribution < 1.29 is 19.0 Å². The lowest BCUT2D eigenvalue weighted by Gasteiger charge is -2.17. The molecule has 1 atom stereocenters. The van der Waals surface area contributed by atoms with Gasteiger partial charge in [0.05, 0.1) is 6.04 Å². The van der Waals surface area contributed by atoms with E-state index in [0.29, 0.717) is 17.6 Å². The van der Waals surface area contributed by atoms with Gasteiger partial charge in [-0.3, -0.25) is 0 Å². The molecule has 23 heavy (non-hydrogen) atoms. The number of aliphatic hydroxyl groups is 1. The molecule has 1 saturated carbocycles. The number of aromatic nitrogens is 2. The molecule has 0 radical (unpaired) electrons. The number of thioether (sulfide) groups is 1. The maximum Gasteiger partial charge on any atom is 0.520 e. The average molecular weight is 342 g/mol. The maximum absolute atomic E-state index is 12.5. The van der Waals surface area contributed by atoms with E-state index in [0.717, 1.165) is 32.1 Å². The second-order valence-electron chi connectivity index (χ2n) is 6.59. The number of aliphatic hydroxyl groups excluding tert-OH is 1. The first-order chi connectivity index (χ1) is 11.0. The summed E-state index contributed by atoms with van der Waals surface area (Å²) >= 11 is 1.32. The number of nitrogens with zero attached hydrogens (tertiary/aromatic N) is 2. The Morgan fingerprint density at radius 3 is 2.70 bits per heavy atom. The van der Waals surface area contributed by atoms with E-state index in [1.54, 1.807) is 0 Å². The normalized spacial score (nSPS) is 17.4. The van der Waals surface area contributed by atoms with Crippen LogP contribution in [-0.4, -0.2) is 28.5 Å². The molecular formula is C16H28N3O3S+. The van der Waals surface area contributed by atoms with E-state index in [4.69, 9.17) is 4.42 Å². The lowest BCUT2D eigenvalue weighted by atomic mass is 9.96. The number of nitrogens with one attached hydrogen (secondary N) is 1. The fourth-order valence-electron chi connectivity index (χ4n) is 2.82. The van der Waals surface area contributed by atoms with Gasteiger partial charge in [0.25, 0.3) is 5.22 Å². The smallest absolute Gasteiger partial charge is 0.394 e. The van der Waals surface area contributed by atoms with E-state index < -0.39 is 6.10 Å². The van der Waals surface area contributed by atoms with E-state index >= 15 is 0 Å². The van der Waals surface area contributed by atoms with Crippen LogP contribution in [0.1, 0.15) is 70.8 Å². The highest BCUT2D eigenvalue weighted by Crippen LogP contribution is 2.22. The zero-order valence-electron chi connectivity index (χ0n) is 14.2. The average Bonchev–Trinajstić information content (AvgIpc) is 2.98. The summed E-state index contributed by atoms with van der Waals surface area (Å²) < 4.78 is 6.77. The SMILES string of the molecule is CSc1n[n+](C(=O)NC2CCCCC2)c(C(O)CCC(C)C)o1. The van der Waals surface area contributed by atoms with Crippen LogP contribution in [0.3, 0.4) is 0 Å². The van der Waals surface area contributed by atoms with E-state index in [2.05, 4.69) is 24.3 Å². The zero-order chi connectivity index (χ0) is 16.8. The lowest BCUT2D eigenvalue weighted by molar-refractivity contribution is -0.651. The highest BCUT2D eigenvalue weighted by molar-refractivity contribution is 7.98. The van der Waals surface area contributed by atoms with Crippen LogP contribution in [0, 0.1) is 5.92 Å². The Labute approximate surface area is 142 Å². The molecule has 0 aliphatic heterocycles. The van der Waals surface area contributed by atoms with Crippen molar-refractivity contribution >= 4 is 17.8 Å². The van der Waals surface area contributed by atoms with Crippen LogP contribution in [0.15, 0.2) is 9.64 Å². The minimum Gasteiger partial charge on any atom is -0.394 e. The summed E-state index contributed by atoms with van der Waals surface area (Å²) in [7, 11) is 0. The van der Waals surface area contributed by atoms with Crippen LogP contribution in [0.25, 0.3) is 0 Å². The summed E-state index contributed by atoms with van der Waals surface area (Å²) in [6.45, 7) is 4.20. The van der Waals surface area contributed by atoms with Crippen LogP contribution in [0.4, 0.5) is 4.79 Å². The standard InChI is InChI=1S/C16H27N3O3S/c1-11(2)9-10-13(20)14-19(18-16(22-14)23-3)15(21)17-12-7-5-4-6-8-12/h11-13,20H,4-10H2,1-3H3/p+1. The van der Waals surface area contributed by atoms with Crippen LogP contribution in [0.5, 0.6) is 0 Å². The van der Waals surface area contributed by atoms with Crippen LogP contribution in [-0.2, 0) is 0 Å². The Hall–Kier alpha value is -1.08. The molecule has 1 aliphatic rings. The van der Waals surface area contributed by atoms with Crippen molar-refractivity contribution in [1.29, 1.82) is 0 Å². The zero-order valence-corrected chi connectivity index (χ0v) is 15.1. The Balaban J connectivity index is 2.09. The minimum absolute atomic E-state index is 0.193. The summed E-state index contributed by atoms with van der Waals surface area (Å²) in [5, 5.41) is 18.0. The van der Waals surface area contributed by atoms with Gasteiger partial charge in [0.1, 0.15) is 0 Å². The quantitative estimate of drug-likeness (QED) is 0.613. The maximum atomic E-state index is 12.5. The predicted octanol–water partition coefficient (Wildman–Crippen LogP) is 3.04. The molecule has 1 aromatic heterocycles. The Kier molecular flexibility index (Phi) is 6.89. The number of hydrogen-bond acceptors (Lipinski definition) is 5. The molecule has 1 unspecified atom stereocenters. The van der Waals surface area contributed by atoms with Gasteiger partial charge in [-0.15, -0.1) is 0 Å². The highest BCUT2D eigenvalue weighted by Gasteiger charge is 2.33. The van der Waals surface area contributed by atoms with Gasteiger partial charge < -0.3 is 9.52 Å². The van der Waals surface area contributed by atoms with Gasteiger partial charge in [-0.05, 0) is 60.5 Å². The number of amides is 1. The lowest BCUT2D eigenvalue weighted by Crippen LogP contribution is -2.57. The van der Waals surface area contributed by atoms with Gasteiger partial charge in [-0.2, -0.15) is 4.79 Å². The monoisotopic (exact) mass is 342 g/mol. The van der Waals surface area contributed by atoms with Crippen molar-refractivity contribution in [2.24, 2.45) is 5.92 Å². The molecule has 0 saturated heterocycles. The molecule has 130 valence electrons. The van der Waals surface area contributed by atoms with Gasteiger partial charge in [-0.25, -0.2) is 5.32 Å². The van der Waals surface area contributed by atoms with E-state index in [1.807, 2.05) is 6.26 Å². The molecule has 1 aromatic rings. The Bertz CT molecular complexity index is 513. The molecule has 0 bridgehead atoms.